The Morgan fingerprint density at radius 1 is 1.20 bits per heavy atom. The van der Waals surface area contributed by atoms with E-state index < -0.39 is 0 Å². The third-order valence-electron chi connectivity index (χ3n) is 3.27. The second-order valence-corrected chi connectivity index (χ2v) is 6.17. The number of carbonyl (C=O) groups is 1. The van der Waals surface area contributed by atoms with Crippen molar-refractivity contribution in [2.45, 2.75) is 59.3 Å². The Labute approximate surface area is 127 Å². The molecule has 0 unspecified atom stereocenters. The summed E-state index contributed by atoms with van der Waals surface area (Å²) < 4.78 is 5.35. The van der Waals surface area contributed by atoms with Gasteiger partial charge in [-0.1, -0.05) is 51.1 Å². The van der Waals surface area contributed by atoms with Crippen molar-refractivity contribution in [1.82, 2.24) is 0 Å². The molecule has 0 saturated carbocycles. The van der Waals surface area contributed by atoms with Crippen LogP contribution in [-0.4, -0.2) is 5.97 Å². The number of carbonyl (C=O) groups excluding carboxylic acids is 1. The van der Waals surface area contributed by atoms with Crippen LogP contribution < -0.4 is 4.74 Å². The maximum absolute atomic E-state index is 11.7. The van der Waals surface area contributed by atoms with E-state index in [1.807, 2.05) is 6.92 Å². The highest BCUT2D eigenvalue weighted by Gasteiger charge is 2.07. The summed E-state index contributed by atoms with van der Waals surface area (Å²) in [6, 6.07) is 5.29. The molecule has 3 heteroatoms. The molecule has 0 aliphatic rings. The minimum atomic E-state index is -0.153. The van der Waals surface area contributed by atoms with Gasteiger partial charge in [0.1, 0.15) is 5.75 Å². The van der Waals surface area contributed by atoms with Gasteiger partial charge in [-0.05, 0) is 43.0 Å². The molecule has 0 radical (unpaired) electrons. The van der Waals surface area contributed by atoms with Gasteiger partial charge < -0.3 is 4.74 Å². The number of unbranched alkanes of at least 4 members (excludes halogenated alkanes) is 3. The lowest BCUT2D eigenvalue weighted by atomic mass is 10.0. The molecular weight excluding hydrogens is 272 g/mol. The van der Waals surface area contributed by atoms with Crippen LogP contribution in [0.4, 0.5) is 0 Å². The van der Waals surface area contributed by atoms with Gasteiger partial charge in [0.2, 0.25) is 0 Å². The molecule has 0 bridgehead atoms. The van der Waals surface area contributed by atoms with Gasteiger partial charge in [-0.2, -0.15) is 0 Å². The van der Waals surface area contributed by atoms with Gasteiger partial charge in [0.05, 0.1) is 0 Å². The highest BCUT2D eigenvalue weighted by Crippen LogP contribution is 2.22. The predicted molar refractivity (Wildman–Crippen MR) is 84.4 cm³/mol. The Morgan fingerprint density at radius 3 is 2.55 bits per heavy atom. The lowest BCUT2D eigenvalue weighted by Gasteiger charge is -2.08. The van der Waals surface area contributed by atoms with Gasteiger partial charge in [-0.15, -0.1) is 0 Å². The third-order valence-corrected chi connectivity index (χ3v) is 3.51. The third kappa shape index (κ3) is 6.95. The van der Waals surface area contributed by atoms with Crippen LogP contribution in [0, 0.1) is 12.8 Å². The Kier molecular flexibility index (Phi) is 7.68. The fourth-order valence-corrected chi connectivity index (χ4v) is 2.30. The van der Waals surface area contributed by atoms with Crippen LogP contribution in [0.5, 0.6) is 5.75 Å². The van der Waals surface area contributed by atoms with Crippen LogP contribution in [-0.2, 0) is 4.79 Å². The van der Waals surface area contributed by atoms with E-state index in [-0.39, 0.29) is 5.97 Å². The lowest BCUT2D eigenvalue weighted by Crippen LogP contribution is -2.08. The highest BCUT2D eigenvalue weighted by atomic mass is 35.5. The summed E-state index contributed by atoms with van der Waals surface area (Å²) in [5.74, 6) is 1.23. The molecule has 1 aromatic carbocycles. The zero-order valence-electron chi connectivity index (χ0n) is 12.7. The molecule has 2 nitrogen and oxygen atoms in total. The zero-order valence-corrected chi connectivity index (χ0v) is 13.5. The van der Waals surface area contributed by atoms with Crippen molar-refractivity contribution < 1.29 is 9.53 Å². The maximum atomic E-state index is 11.7. The van der Waals surface area contributed by atoms with Crippen molar-refractivity contribution in [3.63, 3.8) is 0 Å². The minimum Gasteiger partial charge on any atom is -0.426 e. The van der Waals surface area contributed by atoms with E-state index in [0.717, 1.165) is 24.3 Å². The van der Waals surface area contributed by atoms with Crippen molar-refractivity contribution in [1.29, 1.82) is 0 Å². The zero-order chi connectivity index (χ0) is 15.0. The van der Waals surface area contributed by atoms with Crippen LogP contribution in [0.15, 0.2) is 18.2 Å². The number of hydrogen-bond acceptors (Lipinski definition) is 2. The Hall–Kier alpha value is -1.02. The summed E-state index contributed by atoms with van der Waals surface area (Å²) >= 11 is 5.87. The summed E-state index contributed by atoms with van der Waals surface area (Å²) in [4.78, 5) is 11.7. The molecule has 0 aromatic heterocycles. The topological polar surface area (TPSA) is 26.3 Å². The van der Waals surface area contributed by atoms with Crippen molar-refractivity contribution >= 4 is 17.6 Å². The molecule has 112 valence electrons. The molecular formula is C17H25ClO2. The maximum Gasteiger partial charge on any atom is 0.311 e. The van der Waals surface area contributed by atoms with Crippen LogP contribution in [0.25, 0.3) is 0 Å². The average molecular weight is 297 g/mol. The molecule has 0 atom stereocenters. The predicted octanol–water partition coefficient (Wildman–Crippen LogP) is 5.55. The number of benzene rings is 1. The number of hydrogen-bond donors (Lipinski definition) is 0. The smallest absolute Gasteiger partial charge is 0.311 e. The van der Waals surface area contributed by atoms with Crippen LogP contribution >= 0.6 is 11.6 Å². The molecule has 0 spiro atoms. The largest absolute Gasteiger partial charge is 0.426 e. The number of esters is 1. The van der Waals surface area contributed by atoms with E-state index in [1.165, 1.54) is 19.3 Å². The SMILES string of the molecule is Cc1cc(Cl)ccc1OC(=O)CCCCCCC(C)C. The monoisotopic (exact) mass is 296 g/mol. The quantitative estimate of drug-likeness (QED) is 0.357. The Morgan fingerprint density at radius 2 is 1.90 bits per heavy atom. The van der Waals surface area contributed by atoms with E-state index in [1.54, 1.807) is 18.2 Å². The summed E-state index contributed by atoms with van der Waals surface area (Å²) in [6.45, 7) is 6.37. The van der Waals surface area contributed by atoms with E-state index in [0.29, 0.717) is 17.2 Å². The van der Waals surface area contributed by atoms with E-state index >= 15 is 0 Å². The van der Waals surface area contributed by atoms with Crippen LogP contribution in [0.2, 0.25) is 5.02 Å². The molecule has 1 rings (SSSR count). The summed E-state index contributed by atoms with van der Waals surface area (Å²) in [7, 11) is 0. The Bertz CT molecular complexity index is 427. The van der Waals surface area contributed by atoms with Gasteiger partial charge in [-0.3, -0.25) is 4.79 Å². The van der Waals surface area contributed by atoms with Crippen LogP contribution in [0.3, 0.4) is 0 Å². The molecule has 0 aliphatic carbocycles. The molecule has 0 N–H and O–H groups in total. The lowest BCUT2D eigenvalue weighted by molar-refractivity contribution is -0.134. The normalized spacial score (nSPS) is 10.8. The van der Waals surface area contributed by atoms with E-state index in [2.05, 4.69) is 13.8 Å². The summed E-state index contributed by atoms with van der Waals surface area (Å²) in [5.41, 5.74) is 0.891. The second-order valence-electron chi connectivity index (χ2n) is 5.73. The molecule has 0 aliphatic heterocycles. The van der Waals surface area contributed by atoms with Gasteiger partial charge in [0.25, 0.3) is 0 Å². The molecule has 1 aromatic rings. The van der Waals surface area contributed by atoms with E-state index in [9.17, 15) is 4.79 Å². The summed E-state index contributed by atoms with van der Waals surface area (Å²) in [5, 5.41) is 0.660. The van der Waals surface area contributed by atoms with Crippen molar-refractivity contribution in [3.8, 4) is 5.75 Å². The van der Waals surface area contributed by atoms with Crippen LogP contribution in [0.1, 0.15) is 57.9 Å². The Balaban J connectivity index is 2.20. The molecule has 0 saturated heterocycles. The fraction of sp³-hybridized carbons (Fsp3) is 0.588. The van der Waals surface area contributed by atoms with Crippen molar-refractivity contribution in [2.75, 3.05) is 0 Å². The number of rotatable bonds is 8. The highest BCUT2D eigenvalue weighted by molar-refractivity contribution is 6.30. The number of ether oxygens (including phenoxy) is 1. The average Bonchev–Trinajstić information content (AvgIpc) is 2.36. The first-order chi connectivity index (χ1) is 9.49. The first kappa shape index (κ1) is 17.0. The van der Waals surface area contributed by atoms with Gasteiger partial charge in [0, 0.05) is 11.4 Å². The molecule has 20 heavy (non-hydrogen) atoms. The molecule has 0 heterocycles. The number of aryl methyl sites for hydroxylation is 1. The standard InChI is InChI=1S/C17H25ClO2/c1-13(2)8-6-4-5-7-9-17(19)20-16-11-10-15(18)12-14(16)3/h10-13H,4-9H2,1-3H3. The van der Waals surface area contributed by atoms with Gasteiger partial charge >= 0.3 is 5.97 Å². The van der Waals surface area contributed by atoms with Crippen molar-refractivity contribution in [2.24, 2.45) is 5.92 Å². The molecule has 0 amide bonds. The number of halogens is 1. The second kappa shape index (κ2) is 9.02. The van der Waals surface area contributed by atoms with E-state index in [4.69, 9.17) is 16.3 Å². The summed E-state index contributed by atoms with van der Waals surface area (Å²) in [6.07, 6.45) is 6.22. The minimum absolute atomic E-state index is 0.153. The van der Waals surface area contributed by atoms with Gasteiger partial charge in [0.15, 0.2) is 0 Å². The van der Waals surface area contributed by atoms with Crippen molar-refractivity contribution in [3.05, 3.63) is 28.8 Å². The first-order valence-corrected chi connectivity index (χ1v) is 7.83. The fourth-order valence-electron chi connectivity index (χ4n) is 2.08. The molecule has 0 fully saturated rings. The van der Waals surface area contributed by atoms with Gasteiger partial charge in [-0.25, -0.2) is 0 Å². The first-order valence-electron chi connectivity index (χ1n) is 7.46.